The number of aryl methyl sites for hydroxylation is 2. The molecule has 0 saturated carbocycles. The Balaban J connectivity index is 1.87. The first-order chi connectivity index (χ1) is 8.15. The van der Waals surface area contributed by atoms with E-state index in [-0.39, 0.29) is 0 Å². The molecule has 0 radical (unpaired) electrons. The maximum absolute atomic E-state index is 4.46. The van der Waals surface area contributed by atoms with E-state index in [0.29, 0.717) is 0 Å². The third kappa shape index (κ3) is 3.63. The molecule has 0 atom stereocenters. The number of thiophene rings is 1. The first-order valence-corrected chi connectivity index (χ1v) is 7.14. The molecule has 1 N–H and O–H groups in total. The van der Waals surface area contributed by atoms with E-state index in [1.165, 1.54) is 14.2 Å². The lowest BCUT2D eigenvalue weighted by molar-refractivity contribution is 0.684. The molecule has 2 aromatic heterocycles. The van der Waals surface area contributed by atoms with Gasteiger partial charge in [-0.25, -0.2) is 0 Å². The summed E-state index contributed by atoms with van der Waals surface area (Å²) in [6, 6.07) is 8.29. The highest BCUT2D eigenvalue weighted by molar-refractivity contribution is 9.10. The fourth-order valence-corrected chi connectivity index (χ4v) is 3.19. The molecule has 0 aromatic carbocycles. The second kappa shape index (κ2) is 5.76. The van der Waals surface area contributed by atoms with Crippen molar-refractivity contribution < 1.29 is 0 Å². The highest BCUT2D eigenvalue weighted by atomic mass is 79.9. The molecule has 0 amide bonds. The quantitative estimate of drug-likeness (QED) is 0.928. The van der Waals surface area contributed by atoms with Crippen molar-refractivity contribution in [1.29, 1.82) is 0 Å². The summed E-state index contributed by atoms with van der Waals surface area (Å²) in [6.07, 6.45) is 0. The molecule has 2 aromatic rings. The molecular weight excluding hydrogens is 296 g/mol. The molecule has 2 nitrogen and oxygen atoms in total. The summed E-state index contributed by atoms with van der Waals surface area (Å²) in [6.45, 7) is 5.85. The maximum atomic E-state index is 4.46. The summed E-state index contributed by atoms with van der Waals surface area (Å²) >= 11 is 5.36. The standard InChI is InChI=1S/C13H15BrN2S/c1-9-4-3-5-11(16-9)7-15-8-12-6-13(14)10(2)17-12/h3-6,15H,7-8H2,1-2H3. The van der Waals surface area contributed by atoms with E-state index in [9.17, 15) is 0 Å². The van der Waals surface area contributed by atoms with Crippen LogP contribution in [-0.4, -0.2) is 4.98 Å². The van der Waals surface area contributed by atoms with Gasteiger partial charge in [-0.2, -0.15) is 0 Å². The number of nitrogens with zero attached hydrogens (tertiary/aromatic N) is 1. The molecule has 0 fully saturated rings. The monoisotopic (exact) mass is 310 g/mol. The largest absolute Gasteiger partial charge is 0.306 e. The fraction of sp³-hybridized carbons (Fsp3) is 0.308. The van der Waals surface area contributed by atoms with Gasteiger partial charge in [0.1, 0.15) is 0 Å². The van der Waals surface area contributed by atoms with Crippen molar-refractivity contribution in [3.8, 4) is 0 Å². The third-order valence-corrected chi connectivity index (χ3v) is 4.60. The van der Waals surface area contributed by atoms with Crippen LogP contribution in [0, 0.1) is 13.8 Å². The molecule has 0 aliphatic carbocycles. The van der Waals surface area contributed by atoms with E-state index >= 15 is 0 Å². The molecule has 17 heavy (non-hydrogen) atoms. The Morgan fingerprint density at radius 2 is 2.12 bits per heavy atom. The van der Waals surface area contributed by atoms with Crippen LogP contribution in [0.3, 0.4) is 0 Å². The van der Waals surface area contributed by atoms with Crippen LogP contribution in [0.2, 0.25) is 0 Å². The first kappa shape index (κ1) is 12.7. The van der Waals surface area contributed by atoms with E-state index < -0.39 is 0 Å². The van der Waals surface area contributed by atoms with Gasteiger partial charge in [0.2, 0.25) is 0 Å². The van der Waals surface area contributed by atoms with E-state index in [0.717, 1.165) is 24.5 Å². The van der Waals surface area contributed by atoms with Crippen LogP contribution in [-0.2, 0) is 13.1 Å². The smallest absolute Gasteiger partial charge is 0.0544 e. The minimum Gasteiger partial charge on any atom is -0.306 e. The van der Waals surface area contributed by atoms with Crippen LogP contribution in [0.1, 0.15) is 21.1 Å². The Kier molecular flexibility index (Phi) is 4.31. The SMILES string of the molecule is Cc1cccc(CNCc2cc(Br)c(C)s2)n1. The van der Waals surface area contributed by atoms with Gasteiger partial charge >= 0.3 is 0 Å². The van der Waals surface area contributed by atoms with Crippen molar-refractivity contribution in [2.24, 2.45) is 0 Å². The Morgan fingerprint density at radius 3 is 2.76 bits per heavy atom. The van der Waals surface area contributed by atoms with Gasteiger partial charge < -0.3 is 5.32 Å². The second-order valence-electron chi connectivity index (χ2n) is 3.99. The zero-order valence-corrected chi connectivity index (χ0v) is 12.4. The number of nitrogens with one attached hydrogen (secondary N) is 1. The second-order valence-corrected chi connectivity index (χ2v) is 6.19. The van der Waals surface area contributed by atoms with Crippen LogP contribution in [0.25, 0.3) is 0 Å². The number of halogens is 1. The first-order valence-electron chi connectivity index (χ1n) is 5.53. The Hall–Kier alpha value is -0.710. The van der Waals surface area contributed by atoms with Gasteiger partial charge in [0.15, 0.2) is 0 Å². The third-order valence-electron chi connectivity index (χ3n) is 2.46. The van der Waals surface area contributed by atoms with Gasteiger partial charge in [-0.3, -0.25) is 4.98 Å². The van der Waals surface area contributed by atoms with Crippen molar-refractivity contribution in [2.75, 3.05) is 0 Å². The summed E-state index contributed by atoms with van der Waals surface area (Å²) in [4.78, 5) is 7.14. The average molecular weight is 311 g/mol. The van der Waals surface area contributed by atoms with Gasteiger partial charge in [0.25, 0.3) is 0 Å². The minimum absolute atomic E-state index is 0.816. The summed E-state index contributed by atoms with van der Waals surface area (Å²) < 4.78 is 1.20. The van der Waals surface area contributed by atoms with Crippen molar-refractivity contribution >= 4 is 27.3 Å². The van der Waals surface area contributed by atoms with Gasteiger partial charge in [0, 0.05) is 33.0 Å². The molecule has 90 valence electrons. The topological polar surface area (TPSA) is 24.9 Å². The molecule has 0 unspecified atom stereocenters. The molecule has 0 bridgehead atoms. The minimum atomic E-state index is 0.816. The lowest BCUT2D eigenvalue weighted by Crippen LogP contribution is -2.12. The summed E-state index contributed by atoms with van der Waals surface area (Å²) in [5, 5.41) is 3.41. The maximum Gasteiger partial charge on any atom is 0.0544 e. The summed E-state index contributed by atoms with van der Waals surface area (Å²) in [5.41, 5.74) is 2.16. The molecule has 0 saturated heterocycles. The molecule has 0 spiro atoms. The fourth-order valence-electron chi connectivity index (χ4n) is 1.62. The van der Waals surface area contributed by atoms with Crippen LogP contribution in [0.15, 0.2) is 28.7 Å². The molecule has 0 aliphatic rings. The van der Waals surface area contributed by atoms with Crippen molar-refractivity contribution in [3.05, 3.63) is 49.9 Å². The predicted octanol–water partition coefficient (Wildman–Crippen LogP) is 3.81. The molecule has 0 aliphatic heterocycles. The molecule has 4 heteroatoms. The van der Waals surface area contributed by atoms with Gasteiger partial charge in [0.05, 0.1) is 5.69 Å². The van der Waals surface area contributed by atoms with Gasteiger partial charge in [-0.05, 0) is 48.0 Å². The lowest BCUT2D eigenvalue weighted by atomic mass is 10.3. The Labute approximate surface area is 114 Å². The molecule has 2 heterocycles. The van der Waals surface area contributed by atoms with E-state index in [1.807, 2.05) is 30.4 Å². The van der Waals surface area contributed by atoms with Crippen molar-refractivity contribution in [2.45, 2.75) is 26.9 Å². The van der Waals surface area contributed by atoms with Crippen LogP contribution >= 0.6 is 27.3 Å². The van der Waals surface area contributed by atoms with Crippen LogP contribution in [0.4, 0.5) is 0 Å². The lowest BCUT2D eigenvalue weighted by Gasteiger charge is -2.03. The number of pyridine rings is 1. The zero-order valence-electron chi connectivity index (χ0n) is 9.96. The van der Waals surface area contributed by atoms with E-state index in [2.05, 4.69) is 45.3 Å². The van der Waals surface area contributed by atoms with E-state index in [4.69, 9.17) is 0 Å². The predicted molar refractivity (Wildman–Crippen MR) is 76.3 cm³/mol. The Bertz CT molecular complexity index is 488. The van der Waals surface area contributed by atoms with Gasteiger partial charge in [-0.15, -0.1) is 11.3 Å². The summed E-state index contributed by atoms with van der Waals surface area (Å²) in [5.74, 6) is 0. The van der Waals surface area contributed by atoms with Crippen molar-refractivity contribution in [1.82, 2.24) is 10.3 Å². The van der Waals surface area contributed by atoms with E-state index in [1.54, 1.807) is 0 Å². The molecule has 2 rings (SSSR count). The molecular formula is C13H15BrN2S. The average Bonchev–Trinajstić information content (AvgIpc) is 2.58. The number of hydrogen-bond donors (Lipinski definition) is 1. The highest BCUT2D eigenvalue weighted by Gasteiger charge is 2.02. The van der Waals surface area contributed by atoms with Crippen LogP contribution < -0.4 is 5.32 Å². The zero-order chi connectivity index (χ0) is 12.3. The van der Waals surface area contributed by atoms with Gasteiger partial charge in [-0.1, -0.05) is 6.07 Å². The van der Waals surface area contributed by atoms with Crippen LogP contribution in [0.5, 0.6) is 0 Å². The number of rotatable bonds is 4. The highest BCUT2D eigenvalue weighted by Crippen LogP contribution is 2.26. The summed E-state index contributed by atoms with van der Waals surface area (Å²) in [7, 11) is 0. The number of hydrogen-bond acceptors (Lipinski definition) is 3. The Morgan fingerprint density at radius 1 is 1.29 bits per heavy atom. The normalized spacial score (nSPS) is 10.8. The van der Waals surface area contributed by atoms with Crippen molar-refractivity contribution in [3.63, 3.8) is 0 Å². The number of aromatic nitrogens is 1.